The molecule has 6 nitrogen and oxygen atoms in total. The van der Waals surface area contributed by atoms with E-state index in [0.29, 0.717) is 17.8 Å². The molecule has 26 heavy (non-hydrogen) atoms. The maximum absolute atomic E-state index is 14.3. The Morgan fingerprint density at radius 1 is 1.35 bits per heavy atom. The van der Waals surface area contributed by atoms with Gasteiger partial charge < -0.3 is 4.74 Å². The van der Waals surface area contributed by atoms with Gasteiger partial charge in [0.15, 0.2) is 0 Å². The monoisotopic (exact) mass is 398 g/mol. The molecule has 1 saturated carbocycles. The molecule has 1 heterocycles. The molecule has 1 aliphatic carbocycles. The van der Waals surface area contributed by atoms with Crippen LogP contribution < -0.4 is 4.72 Å². The van der Waals surface area contributed by atoms with Gasteiger partial charge in [0.25, 0.3) is 0 Å². The highest BCUT2D eigenvalue weighted by atomic mass is 32.2. The fraction of sp³-hybridized carbons (Fsp3) is 0.412. The van der Waals surface area contributed by atoms with Crippen molar-refractivity contribution >= 4 is 27.3 Å². The summed E-state index contributed by atoms with van der Waals surface area (Å²) in [6.07, 6.45) is 2.90. The summed E-state index contributed by atoms with van der Waals surface area (Å²) in [4.78, 5) is 15.5. The molecular weight excluding hydrogens is 379 g/mol. The summed E-state index contributed by atoms with van der Waals surface area (Å²) in [6, 6.07) is 3.14. The Bertz CT molecular complexity index is 934. The number of aryl methyl sites for hydroxylation is 1. The number of sulfonamides is 1. The van der Waals surface area contributed by atoms with Crippen LogP contribution in [0.25, 0.3) is 0 Å². The first-order chi connectivity index (χ1) is 12.3. The van der Waals surface area contributed by atoms with Gasteiger partial charge >= 0.3 is 5.97 Å². The Kier molecular flexibility index (Phi) is 5.14. The Labute approximate surface area is 155 Å². The summed E-state index contributed by atoms with van der Waals surface area (Å²) in [5, 5.41) is 2.54. The summed E-state index contributed by atoms with van der Waals surface area (Å²) in [5.74, 6) is -1.65. The Morgan fingerprint density at radius 3 is 2.62 bits per heavy atom. The highest BCUT2D eigenvalue weighted by Gasteiger charge is 2.42. The molecule has 3 rings (SSSR count). The molecule has 9 heteroatoms. The van der Waals surface area contributed by atoms with Crippen molar-refractivity contribution in [2.75, 3.05) is 7.11 Å². The maximum Gasteiger partial charge on any atom is 0.337 e. The number of esters is 1. The van der Waals surface area contributed by atoms with Gasteiger partial charge in [-0.3, -0.25) is 0 Å². The number of carbonyl (C=O) groups excluding carboxylic acids is 1. The smallest absolute Gasteiger partial charge is 0.337 e. The normalized spacial score (nSPS) is 16.6. The number of carbonyl (C=O) groups is 1. The van der Waals surface area contributed by atoms with E-state index in [0.717, 1.165) is 30.7 Å². The summed E-state index contributed by atoms with van der Waals surface area (Å²) in [5.41, 5.74) is -0.0555. The minimum Gasteiger partial charge on any atom is -0.465 e. The predicted octanol–water partition coefficient (Wildman–Crippen LogP) is 3.13. The first-order valence-corrected chi connectivity index (χ1v) is 10.5. The van der Waals surface area contributed by atoms with Gasteiger partial charge in [-0.2, -0.15) is 4.72 Å². The molecule has 0 bridgehead atoms. The molecule has 1 aromatic heterocycles. The number of hydrogen-bond donors (Lipinski definition) is 1. The summed E-state index contributed by atoms with van der Waals surface area (Å²) >= 11 is 1.39. The van der Waals surface area contributed by atoms with E-state index < -0.39 is 32.2 Å². The molecule has 0 amide bonds. The standard InChI is InChI=1S/C17H19FN2O4S2/c1-11-10-25-16(19-11)17(7-3-4-8-17)20-26(22,23)14-9-12(15(21)24-2)5-6-13(14)18/h5-6,9-10,20H,3-4,7-8H2,1-2H3. The largest absolute Gasteiger partial charge is 0.465 e. The lowest BCUT2D eigenvalue weighted by atomic mass is 10.0. The Balaban J connectivity index is 2.01. The molecule has 2 aromatic rings. The maximum atomic E-state index is 14.3. The van der Waals surface area contributed by atoms with Crippen LogP contribution in [0.3, 0.4) is 0 Å². The van der Waals surface area contributed by atoms with Gasteiger partial charge in [-0.25, -0.2) is 22.6 Å². The molecule has 0 unspecified atom stereocenters. The number of aromatic nitrogens is 1. The van der Waals surface area contributed by atoms with E-state index in [9.17, 15) is 17.6 Å². The van der Waals surface area contributed by atoms with Crippen molar-refractivity contribution in [3.63, 3.8) is 0 Å². The van der Waals surface area contributed by atoms with E-state index in [-0.39, 0.29) is 5.56 Å². The van der Waals surface area contributed by atoms with Crippen LogP contribution in [0, 0.1) is 12.7 Å². The van der Waals surface area contributed by atoms with E-state index in [4.69, 9.17) is 0 Å². The number of rotatable bonds is 5. The third kappa shape index (κ3) is 3.51. The molecule has 1 aliphatic rings. The second kappa shape index (κ2) is 7.05. The lowest BCUT2D eigenvalue weighted by Crippen LogP contribution is -2.44. The van der Waals surface area contributed by atoms with Crippen LogP contribution in [-0.2, 0) is 20.3 Å². The van der Waals surface area contributed by atoms with E-state index in [1.165, 1.54) is 24.5 Å². The number of nitrogens with one attached hydrogen (secondary N) is 1. The molecule has 0 atom stereocenters. The second-order valence-corrected chi connectivity index (χ2v) is 8.83. The third-order valence-corrected chi connectivity index (χ3v) is 7.17. The predicted molar refractivity (Wildman–Crippen MR) is 95.1 cm³/mol. The lowest BCUT2D eigenvalue weighted by Gasteiger charge is -2.28. The van der Waals surface area contributed by atoms with Crippen molar-refractivity contribution in [1.29, 1.82) is 0 Å². The Morgan fingerprint density at radius 2 is 2.04 bits per heavy atom. The van der Waals surface area contributed by atoms with Crippen LogP contribution in [-0.4, -0.2) is 26.5 Å². The zero-order chi connectivity index (χ0) is 18.9. The molecule has 0 aliphatic heterocycles. The number of nitrogens with zero attached hydrogens (tertiary/aromatic N) is 1. The van der Waals surface area contributed by atoms with Crippen molar-refractivity contribution < 1.29 is 22.3 Å². The second-order valence-electron chi connectivity index (χ2n) is 6.33. The van der Waals surface area contributed by atoms with E-state index in [1.54, 1.807) is 0 Å². The number of benzene rings is 1. The van der Waals surface area contributed by atoms with Crippen LogP contribution in [0.1, 0.15) is 46.7 Å². The summed E-state index contributed by atoms with van der Waals surface area (Å²) < 4.78 is 47.4. The molecule has 0 saturated heterocycles. The first-order valence-electron chi connectivity index (χ1n) is 8.12. The summed E-state index contributed by atoms with van der Waals surface area (Å²) in [7, 11) is -3.03. The lowest BCUT2D eigenvalue weighted by molar-refractivity contribution is 0.0600. The topological polar surface area (TPSA) is 85.4 Å². The molecule has 1 N–H and O–H groups in total. The van der Waals surface area contributed by atoms with Gasteiger partial charge in [0.1, 0.15) is 15.7 Å². The van der Waals surface area contributed by atoms with Crippen LogP contribution in [0.5, 0.6) is 0 Å². The van der Waals surface area contributed by atoms with E-state index in [2.05, 4.69) is 14.4 Å². The van der Waals surface area contributed by atoms with Crippen LogP contribution in [0.15, 0.2) is 28.5 Å². The molecule has 0 radical (unpaired) electrons. The highest BCUT2D eigenvalue weighted by Crippen LogP contribution is 2.41. The van der Waals surface area contributed by atoms with Crippen molar-refractivity contribution in [3.8, 4) is 0 Å². The van der Waals surface area contributed by atoms with E-state index >= 15 is 0 Å². The zero-order valence-electron chi connectivity index (χ0n) is 14.4. The average molecular weight is 398 g/mol. The molecule has 140 valence electrons. The van der Waals surface area contributed by atoms with Crippen molar-refractivity contribution in [2.24, 2.45) is 0 Å². The van der Waals surface area contributed by atoms with Crippen molar-refractivity contribution in [1.82, 2.24) is 9.71 Å². The third-order valence-electron chi connectivity index (χ3n) is 4.46. The number of thiazole rings is 1. The minimum absolute atomic E-state index is 0.0279. The average Bonchev–Trinajstić information content (AvgIpc) is 3.24. The zero-order valence-corrected chi connectivity index (χ0v) is 16.0. The fourth-order valence-electron chi connectivity index (χ4n) is 3.18. The molecule has 1 aromatic carbocycles. The first kappa shape index (κ1) is 18.9. The van der Waals surface area contributed by atoms with Gasteiger partial charge in [-0.1, -0.05) is 12.8 Å². The molecule has 1 fully saturated rings. The number of ether oxygens (including phenoxy) is 1. The van der Waals surface area contributed by atoms with Crippen molar-refractivity contribution in [2.45, 2.75) is 43.0 Å². The van der Waals surface area contributed by atoms with Crippen molar-refractivity contribution in [3.05, 3.63) is 45.7 Å². The highest BCUT2D eigenvalue weighted by molar-refractivity contribution is 7.89. The van der Waals surface area contributed by atoms with Gasteiger partial charge in [0.2, 0.25) is 10.0 Å². The fourth-order valence-corrected chi connectivity index (χ4v) is 5.79. The van der Waals surface area contributed by atoms with E-state index in [1.807, 2.05) is 12.3 Å². The molecular formula is C17H19FN2O4S2. The Hall–Kier alpha value is -1.84. The number of hydrogen-bond acceptors (Lipinski definition) is 6. The molecule has 0 spiro atoms. The van der Waals surface area contributed by atoms with Gasteiger partial charge in [0.05, 0.1) is 18.2 Å². The SMILES string of the molecule is COC(=O)c1ccc(F)c(S(=O)(=O)NC2(c3nc(C)cs3)CCCC2)c1. The quantitative estimate of drug-likeness (QED) is 0.782. The van der Waals surface area contributed by atoms with Crippen LogP contribution in [0.4, 0.5) is 4.39 Å². The minimum atomic E-state index is -4.20. The van der Waals surface area contributed by atoms with Gasteiger partial charge in [0, 0.05) is 11.1 Å². The van der Waals surface area contributed by atoms with Gasteiger partial charge in [-0.15, -0.1) is 11.3 Å². The van der Waals surface area contributed by atoms with Gasteiger partial charge in [-0.05, 0) is 38.0 Å². The summed E-state index contributed by atoms with van der Waals surface area (Å²) in [6.45, 7) is 1.84. The number of methoxy groups -OCH3 is 1. The number of halogens is 1. The van der Waals surface area contributed by atoms with Crippen LogP contribution in [0.2, 0.25) is 0 Å². The van der Waals surface area contributed by atoms with Crippen LogP contribution >= 0.6 is 11.3 Å².